The maximum atomic E-state index is 12.0. The van der Waals surface area contributed by atoms with Crippen molar-refractivity contribution >= 4 is 17.6 Å². The molecule has 0 radical (unpaired) electrons. The highest BCUT2D eigenvalue weighted by Gasteiger charge is 2.26. The van der Waals surface area contributed by atoms with Crippen LogP contribution in [-0.2, 0) is 9.53 Å². The Kier molecular flexibility index (Phi) is 12.6. The molecule has 0 saturated heterocycles. The Labute approximate surface area is 222 Å². The van der Waals surface area contributed by atoms with E-state index in [-0.39, 0.29) is 5.97 Å². The van der Waals surface area contributed by atoms with Crippen LogP contribution >= 0.6 is 0 Å². The fraction of sp³-hybridized carbons (Fsp3) is 0.484. The van der Waals surface area contributed by atoms with Crippen LogP contribution in [0.3, 0.4) is 0 Å². The number of unbranched alkanes of at least 4 members (excludes halogenated alkanes) is 5. The highest BCUT2D eigenvalue weighted by atomic mass is 16.5. The Morgan fingerprint density at radius 2 is 1.54 bits per heavy atom. The largest absolute Gasteiger partial charge is 0.497 e. The molecule has 2 aromatic rings. The minimum Gasteiger partial charge on any atom is -0.497 e. The van der Waals surface area contributed by atoms with E-state index >= 15 is 0 Å². The van der Waals surface area contributed by atoms with Gasteiger partial charge in [-0.25, -0.2) is 0 Å². The van der Waals surface area contributed by atoms with E-state index in [0.29, 0.717) is 30.3 Å². The van der Waals surface area contributed by atoms with Crippen molar-refractivity contribution in [2.75, 3.05) is 27.4 Å². The Balaban J connectivity index is 1.74. The van der Waals surface area contributed by atoms with Crippen molar-refractivity contribution < 1.29 is 23.7 Å². The van der Waals surface area contributed by atoms with Gasteiger partial charge in [0, 0.05) is 0 Å². The predicted molar refractivity (Wildman–Crippen MR) is 148 cm³/mol. The second kappa shape index (κ2) is 15.6. The lowest BCUT2D eigenvalue weighted by Crippen LogP contribution is -2.26. The Morgan fingerprint density at radius 3 is 2.14 bits per heavy atom. The molecular formula is C31H41NO5. The number of carbonyl (C=O) groups excluding carboxylic acids is 1. The van der Waals surface area contributed by atoms with Crippen LogP contribution in [-0.4, -0.2) is 33.4 Å². The zero-order valence-electron chi connectivity index (χ0n) is 23.0. The van der Waals surface area contributed by atoms with E-state index in [2.05, 4.69) is 6.07 Å². The van der Waals surface area contributed by atoms with Crippen molar-refractivity contribution in [3.63, 3.8) is 0 Å². The fourth-order valence-electron chi connectivity index (χ4n) is 3.61. The molecule has 0 aliphatic rings. The van der Waals surface area contributed by atoms with Crippen LogP contribution in [0.1, 0.15) is 76.8 Å². The number of ether oxygens (including phenoxy) is 4. The lowest BCUT2D eigenvalue weighted by molar-refractivity contribution is -0.154. The Bertz CT molecular complexity index is 1050. The van der Waals surface area contributed by atoms with Gasteiger partial charge in [0.1, 0.15) is 5.75 Å². The average molecular weight is 508 g/mol. The van der Waals surface area contributed by atoms with Crippen LogP contribution in [0.2, 0.25) is 0 Å². The van der Waals surface area contributed by atoms with Gasteiger partial charge in [0.25, 0.3) is 0 Å². The summed E-state index contributed by atoms with van der Waals surface area (Å²) in [7, 11) is 3.23. The molecular weight excluding hydrogens is 466 g/mol. The van der Waals surface area contributed by atoms with Gasteiger partial charge in [0.2, 0.25) is 0 Å². The third-order valence-electron chi connectivity index (χ3n) is 6.49. The summed E-state index contributed by atoms with van der Waals surface area (Å²) >= 11 is 0. The van der Waals surface area contributed by atoms with Gasteiger partial charge >= 0.3 is 5.97 Å². The molecule has 0 unspecified atom stereocenters. The number of rotatable bonds is 16. The summed E-state index contributed by atoms with van der Waals surface area (Å²) in [6.45, 7) is 6.97. The molecule has 2 rings (SSSR count). The number of nitrogens with zero attached hydrogens (tertiary/aromatic N) is 1. The van der Waals surface area contributed by atoms with E-state index in [1.165, 1.54) is 0 Å². The molecule has 200 valence electrons. The quantitative estimate of drug-likeness (QED) is 0.101. The zero-order valence-corrected chi connectivity index (χ0v) is 23.0. The number of benzene rings is 2. The molecule has 0 bridgehead atoms. The average Bonchev–Trinajstić information content (AvgIpc) is 2.92. The molecule has 0 aromatic heterocycles. The van der Waals surface area contributed by atoms with Crippen LogP contribution in [0.25, 0.3) is 11.6 Å². The van der Waals surface area contributed by atoms with Crippen LogP contribution in [0.5, 0.6) is 17.2 Å². The van der Waals surface area contributed by atoms with Crippen molar-refractivity contribution in [1.82, 2.24) is 0 Å². The molecule has 0 aliphatic carbocycles. The zero-order chi connectivity index (χ0) is 27.1. The normalized spacial score (nSPS) is 11.5. The van der Waals surface area contributed by atoms with E-state index in [1.54, 1.807) is 14.2 Å². The highest BCUT2D eigenvalue weighted by Crippen LogP contribution is 2.30. The van der Waals surface area contributed by atoms with Crippen LogP contribution in [0.15, 0.2) is 42.5 Å². The molecule has 37 heavy (non-hydrogen) atoms. The lowest BCUT2D eigenvalue weighted by Gasteiger charge is -2.20. The SMILES string of the molecule is CCC(C)(C)C(=O)OCCCCCCCCOc1ccc(/C=C(\C#N)c2ccc(OC)cc2)cc1OC. The van der Waals surface area contributed by atoms with E-state index in [4.69, 9.17) is 18.9 Å². The number of allylic oxidation sites excluding steroid dienone is 1. The van der Waals surface area contributed by atoms with E-state index < -0.39 is 5.41 Å². The molecule has 0 fully saturated rings. The van der Waals surface area contributed by atoms with Gasteiger partial charge in [-0.3, -0.25) is 4.79 Å². The molecule has 0 N–H and O–H groups in total. The number of hydrogen-bond donors (Lipinski definition) is 0. The van der Waals surface area contributed by atoms with Gasteiger partial charge in [-0.1, -0.05) is 38.7 Å². The van der Waals surface area contributed by atoms with E-state index in [0.717, 1.165) is 61.8 Å². The van der Waals surface area contributed by atoms with Crippen LogP contribution < -0.4 is 14.2 Å². The maximum Gasteiger partial charge on any atom is 0.311 e. The first-order valence-electron chi connectivity index (χ1n) is 13.1. The van der Waals surface area contributed by atoms with Crippen molar-refractivity contribution in [1.29, 1.82) is 5.26 Å². The molecule has 6 heteroatoms. The van der Waals surface area contributed by atoms with E-state index in [9.17, 15) is 10.1 Å². The maximum absolute atomic E-state index is 12.0. The number of nitriles is 1. The summed E-state index contributed by atoms with van der Waals surface area (Å²) in [5, 5.41) is 9.63. The third kappa shape index (κ3) is 9.84. The van der Waals surface area contributed by atoms with Gasteiger partial charge in [-0.15, -0.1) is 0 Å². The van der Waals surface area contributed by atoms with E-state index in [1.807, 2.05) is 69.3 Å². The highest BCUT2D eigenvalue weighted by molar-refractivity contribution is 5.90. The molecule has 2 aromatic carbocycles. The summed E-state index contributed by atoms with van der Waals surface area (Å²) in [6.07, 6.45) is 8.87. The van der Waals surface area contributed by atoms with Gasteiger partial charge in [-0.2, -0.15) is 5.26 Å². The molecule has 0 heterocycles. The van der Waals surface area contributed by atoms with Crippen molar-refractivity contribution in [3.8, 4) is 23.3 Å². The summed E-state index contributed by atoms with van der Waals surface area (Å²) in [5.74, 6) is 1.98. The molecule has 0 saturated carbocycles. The summed E-state index contributed by atoms with van der Waals surface area (Å²) < 4.78 is 22.1. The monoisotopic (exact) mass is 507 g/mol. The summed E-state index contributed by atoms with van der Waals surface area (Å²) in [5.41, 5.74) is 1.85. The van der Waals surface area contributed by atoms with Crippen molar-refractivity contribution in [3.05, 3.63) is 53.6 Å². The second-order valence-corrected chi connectivity index (χ2v) is 9.65. The summed E-state index contributed by atoms with van der Waals surface area (Å²) in [4.78, 5) is 12.0. The number of methoxy groups -OCH3 is 2. The van der Waals surface area contributed by atoms with Gasteiger partial charge in [0.05, 0.1) is 44.5 Å². The number of hydrogen-bond acceptors (Lipinski definition) is 6. The fourth-order valence-corrected chi connectivity index (χ4v) is 3.61. The second-order valence-electron chi connectivity index (χ2n) is 9.65. The minimum absolute atomic E-state index is 0.102. The first-order valence-corrected chi connectivity index (χ1v) is 13.1. The third-order valence-corrected chi connectivity index (χ3v) is 6.49. The first-order chi connectivity index (χ1) is 17.8. The number of esters is 1. The van der Waals surface area contributed by atoms with Crippen molar-refractivity contribution in [2.45, 2.75) is 65.7 Å². The smallest absolute Gasteiger partial charge is 0.311 e. The molecule has 6 nitrogen and oxygen atoms in total. The minimum atomic E-state index is -0.392. The Morgan fingerprint density at radius 1 is 0.892 bits per heavy atom. The summed E-state index contributed by atoms with van der Waals surface area (Å²) in [6, 6.07) is 15.4. The predicted octanol–water partition coefficient (Wildman–Crippen LogP) is 7.47. The Hall–Kier alpha value is -3.46. The molecule has 0 spiro atoms. The lowest BCUT2D eigenvalue weighted by atomic mass is 9.91. The molecule has 0 aliphatic heterocycles. The van der Waals surface area contributed by atoms with Gasteiger partial charge in [-0.05, 0) is 86.7 Å². The first kappa shape index (κ1) is 29.8. The number of carbonyl (C=O) groups is 1. The van der Waals surface area contributed by atoms with Crippen LogP contribution in [0, 0.1) is 16.7 Å². The molecule has 0 atom stereocenters. The molecule has 0 amide bonds. The van der Waals surface area contributed by atoms with Gasteiger partial charge in [0.15, 0.2) is 11.5 Å². The van der Waals surface area contributed by atoms with Gasteiger partial charge < -0.3 is 18.9 Å². The topological polar surface area (TPSA) is 77.8 Å². The standard InChI is InChI=1S/C31H41NO5/c1-6-31(2,3)30(33)37-20-12-10-8-7-9-11-19-36-28-18-13-24(22-29(28)35-5)21-26(23-32)25-14-16-27(34-4)17-15-25/h13-18,21-22H,6-12,19-20H2,1-5H3/b26-21+. The van der Waals surface area contributed by atoms with Crippen LogP contribution in [0.4, 0.5) is 0 Å². The van der Waals surface area contributed by atoms with Crippen molar-refractivity contribution in [2.24, 2.45) is 5.41 Å².